The van der Waals surface area contributed by atoms with Crippen LogP contribution in [0.1, 0.15) is 25.3 Å². The van der Waals surface area contributed by atoms with Gasteiger partial charge >= 0.3 is 5.97 Å². The SMILES string of the molecule is CCOC(=O)CCCNCC(=O)Nc1ccccc1C. The zero-order chi connectivity index (χ0) is 14.8. The van der Waals surface area contributed by atoms with Gasteiger partial charge in [0.2, 0.25) is 5.91 Å². The van der Waals surface area contributed by atoms with Crippen LogP contribution in [0, 0.1) is 6.92 Å². The number of nitrogens with one attached hydrogen (secondary N) is 2. The minimum atomic E-state index is -0.196. The molecule has 0 aliphatic carbocycles. The lowest BCUT2D eigenvalue weighted by molar-refractivity contribution is -0.143. The summed E-state index contributed by atoms with van der Waals surface area (Å²) in [6.07, 6.45) is 1.04. The molecule has 5 heteroatoms. The summed E-state index contributed by atoms with van der Waals surface area (Å²) in [5.74, 6) is -0.283. The third-order valence-electron chi connectivity index (χ3n) is 2.74. The fraction of sp³-hybridized carbons (Fsp3) is 0.467. The van der Waals surface area contributed by atoms with E-state index in [1.54, 1.807) is 6.92 Å². The second-order valence-electron chi connectivity index (χ2n) is 4.45. The van der Waals surface area contributed by atoms with Crippen molar-refractivity contribution in [3.8, 4) is 0 Å². The molecule has 0 saturated carbocycles. The van der Waals surface area contributed by atoms with Crippen molar-refractivity contribution in [2.75, 3.05) is 25.0 Å². The Bertz CT molecular complexity index is 446. The third kappa shape index (κ3) is 6.33. The lowest BCUT2D eigenvalue weighted by Gasteiger charge is -2.08. The molecule has 1 rings (SSSR count). The maximum atomic E-state index is 11.7. The number of anilines is 1. The fourth-order valence-corrected chi connectivity index (χ4v) is 1.70. The van der Waals surface area contributed by atoms with Crippen molar-refractivity contribution < 1.29 is 14.3 Å². The molecule has 5 nitrogen and oxygen atoms in total. The van der Waals surface area contributed by atoms with E-state index in [-0.39, 0.29) is 18.4 Å². The van der Waals surface area contributed by atoms with Gasteiger partial charge in [-0.15, -0.1) is 0 Å². The molecule has 0 bridgehead atoms. The number of hydrogen-bond donors (Lipinski definition) is 2. The molecule has 1 aromatic carbocycles. The van der Waals surface area contributed by atoms with Gasteiger partial charge in [0.1, 0.15) is 0 Å². The van der Waals surface area contributed by atoms with Gasteiger partial charge in [-0.1, -0.05) is 18.2 Å². The number of hydrogen-bond acceptors (Lipinski definition) is 4. The van der Waals surface area contributed by atoms with E-state index in [0.29, 0.717) is 26.0 Å². The number of ether oxygens (including phenoxy) is 1. The van der Waals surface area contributed by atoms with Gasteiger partial charge in [0.15, 0.2) is 0 Å². The standard InChI is InChI=1S/C15H22N2O3/c1-3-20-15(19)9-6-10-16-11-14(18)17-13-8-5-4-7-12(13)2/h4-5,7-8,16H,3,6,9-11H2,1-2H3,(H,17,18). The normalized spacial score (nSPS) is 10.1. The molecule has 1 amide bonds. The maximum Gasteiger partial charge on any atom is 0.305 e. The van der Waals surface area contributed by atoms with E-state index in [1.807, 2.05) is 31.2 Å². The first-order valence-corrected chi connectivity index (χ1v) is 6.85. The molecule has 20 heavy (non-hydrogen) atoms. The first-order chi connectivity index (χ1) is 9.63. The number of benzene rings is 1. The van der Waals surface area contributed by atoms with E-state index < -0.39 is 0 Å². The Balaban J connectivity index is 2.15. The highest BCUT2D eigenvalue weighted by Gasteiger charge is 2.04. The molecular formula is C15H22N2O3. The molecule has 0 aliphatic rings. The molecule has 0 unspecified atom stereocenters. The number of rotatable bonds is 8. The highest BCUT2D eigenvalue weighted by Crippen LogP contribution is 2.12. The first-order valence-electron chi connectivity index (χ1n) is 6.85. The van der Waals surface area contributed by atoms with Crippen LogP contribution < -0.4 is 10.6 Å². The monoisotopic (exact) mass is 278 g/mol. The van der Waals surface area contributed by atoms with Gasteiger partial charge < -0.3 is 15.4 Å². The summed E-state index contributed by atoms with van der Waals surface area (Å²) in [7, 11) is 0. The zero-order valence-electron chi connectivity index (χ0n) is 12.1. The van der Waals surface area contributed by atoms with Gasteiger partial charge in [-0.2, -0.15) is 0 Å². The number of carbonyl (C=O) groups is 2. The second-order valence-corrected chi connectivity index (χ2v) is 4.45. The van der Waals surface area contributed by atoms with Gasteiger partial charge in [0, 0.05) is 12.1 Å². The minimum absolute atomic E-state index is 0.0876. The summed E-state index contributed by atoms with van der Waals surface area (Å²) in [5, 5.41) is 5.84. The number of esters is 1. The van der Waals surface area contributed by atoms with E-state index in [0.717, 1.165) is 11.3 Å². The lowest BCUT2D eigenvalue weighted by Crippen LogP contribution is -2.29. The van der Waals surface area contributed by atoms with Crippen LogP contribution in [0.2, 0.25) is 0 Å². The van der Waals surface area contributed by atoms with Crippen LogP contribution in [0.4, 0.5) is 5.69 Å². The largest absolute Gasteiger partial charge is 0.466 e. The Labute approximate surface area is 119 Å². The smallest absolute Gasteiger partial charge is 0.305 e. The molecule has 110 valence electrons. The predicted molar refractivity (Wildman–Crippen MR) is 78.5 cm³/mol. The maximum absolute atomic E-state index is 11.7. The Morgan fingerprint density at radius 2 is 2.00 bits per heavy atom. The second kappa shape index (κ2) is 9.09. The van der Waals surface area contributed by atoms with Crippen molar-refractivity contribution in [3.05, 3.63) is 29.8 Å². The quantitative estimate of drug-likeness (QED) is 0.562. The average molecular weight is 278 g/mol. The first kappa shape index (κ1) is 16.2. The summed E-state index contributed by atoms with van der Waals surface area (Å²) >= 11 is 0. The van der Waals surface area contributed by atoms with Gasteiger partial charge in [-0.05, 0) is 38.4 Å². The van der Waals surface area contributed by atoms with Crippen LogP contribution >= 0.6 is 0 Å². The zero-order valence-corrected chi connectivity index (χ0v) is 12.1. The summed E-state index contributed by atoms with van der Waals surface area (Å²) in [4.78, 5) is 22.8. The molecule has 2 N–H and O–H groups in total. The summed E-state index contributed by atoms with van der Waals surface area (Å²) in [6.45, 7) is 4.98. The molecule has 0 heterocycles. The fourth-order valence-electron chi connectivity index (χ4n) is 1.70. The summed E-state index contributed by atoms with van der Waals surface area (Å²) in [5.41, 5.74) is 1.86. The van der Waals surface area contributed by atoms with Crippen LogP contribution in [0.15, 0.2) is 24.3 Å². The number of aryl methyl sites for hydroxylation is 1. The molecule has 0 aliphatic heterocycles. The van der Waals surface area contributed by atoms with E-state index in [1.165, 1.54) is 0 Å². The van der Waals surface area contributed by atoms with Crippen molar-refractivity contribution in [1.82, 2.24) is 5.32 Å². The Morgan fingerprint density at radius 1 is 1.25 bits per heavy atom. The van der Waals surface area contributed by atoms with E-state index >= 15 is 0 Å². The van der Waals surface area contributed by atoms with Crippen molar-refractivity contribution in [1.29, 1.82) is 0 Å². The Morgan fingerprint density at radius 3 is 2.70 bits per heavy atom. The van der Waals surface area contributed by atoms with Crippen molar-refractivity contribution in [2.24, 2.45) is 0 Å². The number of para-hydroxylation sites is 1. The van der Waals surface area contributed by atoms with Crippen LogP contribution in [-0.2, 0) is 14.3 Å². The van der Waals surface area contributed by atoms with Gasteiger partial charge in [-0.3, -0.25) is 9.59 Å². The molecule has 0 atom stereocenters. The van der Waals surface area contributed by atoms with Crippen LogP contribution in [0.5, 0.6) is 0 Å². The molecule has 0 fully saturated rings. The van der Waals surface area contributed by atoms with Crippen molar-refractivity contribution >= 4 is 17.6 Å². The molecule has 1 aromatic rings. The molecule has 0 saturated heterocycles. The van der Waals surface area contributed by atoms with Crippen LogP contribution in [0.3, 0.4) is 0 Å². The third-order valence-corrected chi connectivity index (χ3v) is 2.74. The summed E-state index contributed by atoms with van der Waals surface area (Å²) < 4.78 is 4.82. The highest BCUT2D eigenvalue weighted by atomic mass is 16.5. The van der Waals surface area contributed by atoms with Gasteiger partial charge in [-0.25, -0.2) is 0 Å². The number of carbonyl (C=O) groups excluding carboxylic acids is 2. The lowest BCUT2D eigenvalue weighted by atomic mass is 10.2. The van der Waals surface area contributed by atoms with Gasteiger partial charge in [0.25, 0.3) is 0 Å². The Kier molecular flexibility index (Phi) is 7.35. The average Bonchev–Trinajstić information content (AvgIpc) is 2.41. The van der Waals surface area contributed by atoms with Crippen molar-refractivity contribution in [3.63, 3.8) is 0 Å². The number of amides is 1. The minimum Gasteiger partial charge on any atom is -0.466 e. The van der Waals surface area contributed by atoms with E-state index in [9.17, 15) is 9.59 Å². The summed E-state index contributed by atoms with van der Waals surface area (Å²) in [6, 6.07) is 7.63. The Hall–Kier alpha value is -1.88. The molecule has 0 spiro atoms. The predicted octanol–water partition coefficient (Wildman–Crippen LogP) is 1.87. The van der Waals surface area contributed by atoms with Crippen LogP contribution in [-0.4, -0.2) is 31.6 Å². The van der Waals surface area contributed by atoms with E-state index in [4.69, 9.17) is 4.74 Å². The molecular weight excluding hydrogens is 256 g/mol. The van der Waals surface area contributed by atoms with Gasteiger partial charge in [0.05, 0.1) is 13.2 Å². The molecule has 0 aromatic heterocycles. The van der Waals surface area contributed by atoms with Crippen molar-refractivity contribution in [2.45, 2.75) is 26.7 Å². The topological polar surface area (TPSA) is 67.4 Å². The highest BCUT2D eigenvalue weighted by molar-refractivity contribution is 5.92. The molecule has 0 radical (unpaired) electrons. The van der Waals surface area contributed by atoms with E-state index in [2.05, 4.69) is 10.6 Å². The van der Waals surface area contributed by atoms with Crippen LogP contribution in [0.25, 0.3) is 0 Å².